The van der Waals surface area contributed by atoms with E-state index < -0.39 is 0 Å². The van der Waals surface area contributed by atoms with Crippen LogP contribution in [0.4, 0.5) is 0 Å². The van der Waals surface area contributed by atoms with Gasteiger partial charge in [0.2, 0.25) is 0 Å². The van der Waals surface area contributed by atoms with Crippen molar-refractivity contribution in [3.8, 4) is 0 Å². The van der Waals surface area contributed by atoms with Gasteiger partial charge in [0.1, 0.15) is 0 Å². The molecule has 2 rings (SSSR count). The Labute approximate surface area is 92.6 Å². The zero-order chi connectivity index (χ0) is 10.7. The van der Waals surface area contributed by atoms with Gasteiger partial charge in [-0.15, -0.1) is 0 Å². The lowest BCUT2D eigenvalue weighted by molar-refractivity contribution is -0.148. The Hall–Kier alpha value is -0.340. The van der Waals surface area contributed by atoms with E-state index >= 15 is 0 Å². The molecular weight excluding hydrogens is 188 g/mol. The smallest absolute Gasteiger partial charge is 0.165 e. The molecule has 0 spiro atoms. The van der Waals surface area contributed by atoms with E-state index in [0.29, 0.717) is 5.92 Å². The first kappa shape index (κ1) is 11.2. The summed E-state index contributed by atoms with van der Waals surface area (Å²) in [5.74, 6) is 0.404. The fourth-order valence-corrected chi connectivity index (χ4v) is 2.64. The largest absolute Gasteiger partial charge is 0.348 e. The topological polar surface area (TPSA) is 18.5 Å². The van der Waals surface area contributed by atoms with E-state index in [4.69, 9.17) is 9.47 Å². The molecule has 1 saturated carbocycles. The molecule has 0 amide bonds. The van der Waals surface area contributed by atoms with Gasteiger partial charge in [0.25, 0.3) is 0 Å². The van der Waals surface area contributed by atoms with Crippen LogP contribution in [0.25, 0.3) is 0 Å². The van der Waals surface area contributed by atoms with Gasteiger partial charge in [0.15, 0.2) is 5.79 Å². The maximum atomic E-state index is 5.61. The van der Waals surface area contributed by atoms with Gasteiger partial charge in [-0.1, -0.05) is 18.6 Å². The quantitative estimate of drug-likeness (QED) is 0.666. The number of ether oxygens (including phenoxy) is 2. The molecule has 0 aromatic heterocycles. The number of hydrogen-bond donors (Lipinski definition) is 0. The minimum Gasteiger partial charge on any atom is -0.348 e. The Morgan fingerprint density at radius 2 is 2.07 bits per heavy atom. The molecule has 86 valence electrons. The van der Waals surface area contributed by atoms with Crippen molar-refractivity contribution >= 4 is 0 Å². The number of hydrogen-bond acceptors (Lipinski definition) is 2. The minimum absolute atomic E-state index is 0.308. The van der Waals surface area contributed by atoms with Crippen molar-refractivity contribution in [1.29, 1.82) is 0 Å². The van der Waals surface area contributed by atoms with Crippen molar-refractivity contribution in [3.63, 3.8) is 0 Å². The highest BCUT2D eigenvalue weighted by Gasteiger charge is 2.32. The summed E-state index contributed by atoms with van der Waals surface area (Å²) in [5, 5.41) is 0. The van der Waals surface area contributed by atoms with Crippen LogP contribution >= 0.6 is 0 Å². The number of rotatable bonds is 3. The summed E-state index contributed by atoms with van der Waals surface area (Å²) < 4.78 is 11.2. The lowest BCUT2D eigenvalue weighted by atomic mass is 9.82. The first-order valence-electron chi connectivity index (χ1n) is 6.15. The second-order valence-corrected chi connectivity index (χ2v) is 4.97. The molecule has 15 heavy (non-hydrogen) atoms. The van der Waals surface area contributed by atoms with Gasteiger partial charge >= 0.3 is 0 Å². The van der Waals surface area contributed by atoms with Crippen molar-refractivity contribution < 1.29 is 9.47 Å². The molecule has 0 N–H and O–H groups in total. The van der Waals surface area contributed by atoms with E-state index in [0.717, 1.165) is 19.6 Å². The zero-order valence-electron chi connectivity index (χ0n) is 9.76. The van der Waals surface area contributed by atoms with Gasteiger partial charge in [-0.25, -0.2) is 0 Å². The Bertz CT molecular complexity index is 229. The second kappa shape index (κ2) is 4.67. The van der Waals surface area contributed by atoms with Crippen LogP contribution in [0.15, 0.2) is 12.2 Å². The first-order valence-corrected chi connectivity index (χ1v) is 6.15. The summed E-state index contributed by atoms with van der Waals surface area (Å²) in [6.45, 7) is 7.75. The molecular formula is C13H22O2. The fraction of sp³-hybridized carbons (Fsp3) is 0.846. The van der Waals surface area contributed by atoms with Gasteiger partial charge in [-0.2, -0.15) is 0 Å². The Morgan fingerprint density at radius 1 is 1.33 bits per heavy atom. The Balaban J connectivity index is 1.78. The molecule has 0 radical (unpaired) electrons. The van der Waals surface area contributed by atoms with Crippen molar-refractivity contribution in [2.24, 2.45) is 5.92 Å². The van der Waals surface area contributed by atoms with E-state index in [1.807, 2.05) is 0 Å². The summed E-state index contributed by atoms with van der Waals surface area (Å²) >= 11 is 0. The summed E-state index contributed by atoms with van der Waals surface area (Å²) in [7, 11) is 0. The predicted octanol–water partition coefficient (Wildman–Crippen LogP) is 3.28. The molecule has 1 aliphatic heterocycles. The minimum atomic E-state index is -0.308. The van der Waals surface area contributed by atoms with Crippen LogP contribution in [-0.2, 0) is 9.47 Å². The summed E-state index contributed by atoms with van der Waals surface area (Å²) in [4.78, 5) is 0. The third kappa shape index (κ3) is 2.82. The molecule has 1 unspecified atom stereocenters. The summed E-state index contributed by atoms with van der Waals surface area (Å²) in [5.41, 5.74) is 1.45. The monoisotopic (exact) mass is 210 g/mol. The van der Waals surface area contributed by atoms with Crippen LogP contribution in [0.2, 0.25) is 0 Å². The van der Waals surface area contributed by atoms with Crippen LogP contribution in [0.5, 0.6) is 0 Å². The van der Waals surface area contributed by atoms with Gasteiger partial charge < -0.3 is 9.47 Å². The fourth-order valence-electron chi connectivity index (χ4n) is 2.64. The maximum absolute atomic E-state index is 5.61. The molecule has 1 aliphatic carbocycles. The van der Waals surface area contributed by atoms with Crippen LogP contribution in [0.1, 0.15) is 45.4 Å². The highest BCUT2D eigenvalue weighted by Crippen LogP contribution is 2.34. The molecule has 1 saturated heterocycles. The molecule has 2 aliphatic rings. The molecule has 2 heteroatoms. The SMILES string of the molecule is C=C1CCCCC1CCC1(C)OCCO1. The Kier molecular flexibility index (Phi) is 3.47. The van der Waals surface area contributed by atoms with Crippen LogP contribution in [-0.4, -0.2) is 19.0 Å². The molecule has 0 bridgehead atoms. The standard InChI is InChI=1S/C13H22O2/c1-11-5-3-4-6-12(11)7-8-13(2)14-9-10-15-13/h12H,1,3-10H2,2H3. The molecule has 2 fully saturated rings. The van der Waals surface area contributed by atoms with Crippen LogP contribution < -0.4 is 0 Å². The third-order valence-electron chi connectivity index (χ3n) is 3.72. The predicted molar refractivity (Wildman–Crippen MR) is 60.6 cm³/mol. The van der Waals surface area contributed by atoms with Crippen molar-refractivity contribution in [3.05, 3.63) is 12.2 Å². The van der Waals surface area contributed by atoms with E-state index in [1.165, 1.54) is 37.7 Å². The first-order chi connectivity index (χ1) is 7.20. The van der Waals surface area contributed by atoms with Crippen LogP contribution in [0.3, 0.4) is 0 Å². The lowest BCUT2D eigenvalue weighted by Crippen LogP contribution is -2.26. The summed E-state index contributed by atoms with van der Waals surface area (Å²) in [6.07, 6.45) is 7.42. The Morgan fingerprint density at radius 3 is 2.73 bits per heavy atom. The molecule has 0 aromatic carbocycles. The van der Waals surface area contributed by atoms with E-state index in [1.54, 1.807) is 0 Å². The van der Waals surface area contributed by atoms with Gasteiger partial charge in [-0.3, -0.25) is 0 Å². The van der Waals surface area contributed by atoms with Gasteiger partial charge in [0, 0.05) is 6.42 Å². The van der Waals surface area contributed by atoms with Gasteiger partial charge in [0.05, 0.1) is 13.2 Å². The lowest BCUT2D eigenvalue weighted by Gasteiger charge is -2.28. The van der Waals surface area contributed by atoms with E-state index in [2.05, 4.69) is 13.5 Å². The summed E-state index contributed by atoms with van der Waals surface area (Å²) in [6, 6.07) is 0. The second-order valence-electron chi connectivity index (χ2n) is 4.97. The number of allylic oxidation sites excluding steroid dienone is 1. The molecule has 2 nitrogen and oxygen atoms in total. The van der Waals surface area contributed by atoms with Gasteiger partial charge in [-0.05, 0) is 38.5 Å². The van der Waals surface area contributed by atoms with Crippen molar-refractivity contribution in [2.75, 3.05) is 13.2 Å². The highest BCUT2D eigenvalue weighted by atomic mass is 16.7. The maximum Gasteiger partial charge on any atom is 0.165 e. The average molecular weight is 210 g/mol. The molecule has 1 heterocycles. The highest BCUT2D eigenvalue weighted by molar-refractivity contribution is 5.03. The molecule has 0 aromatic rings. The zero-order valence-corrected chi connectivity index (χ0v) is 9.76. The normalized spacial score (nSPS) is 30.7. The molecule has 1 atom stereocenters. The van der Waals surface area contributed by atoms with Crippen LogP contribution in [0, 0.1) is 5.92 Å². The van der Waals surface area contributed by atoms with E-state index in [-0.39, 0.29) is 5.79 Å². The average Bonchev–Trinajstić information content (AvgIpc) is 2.65. The van der Waals surface area contributed by atoms with Crippen molar-refractivity contribution in [1.82, 2.24) is 0 Å². The van der Waals surface area contributed by atoms with Crippen molar-refractivity contribution in [2.45, 2.75) is 51.2 Å². The third-order valence-corrected chi connectivity index (χ3v) is 3.72. The van der Waals surface area contributed by atoms with E-state index in [9.17, 15) is 0 Å².